The first-order valence-corrected chi connectivity index (χ1v) is 4.93. The fraction of sp³-hybridized carbons (Fsp3) is 0.222. The van der Waals surface area contributed by atoms with Crippen molar-refractivity contribution in [1.82, 2.24) is 5.48 Å². The summed E-state index contributed by atoms with van der Waals surface area (Å²) < 4.78 is 13.6. The van der Waals surface area contributed by atoms with E-state index in [0.29, 0.717) is 4.47 Å². The summed E-state index contributed by atoms with van der Waals surface area (Å²) in [7, 11) is 0. The second-order valence-corrected chi connectivity index (χ2v) is 3.45. The number of rotatable bonds is 4. The van der Waals surface area contributed by atoms with E-state index in [-0.39, 0.29) is 18.8 Å². The van der Waals surface area contributed by atoms with E-state index in [2.05, 4.69) is 20.8 Å². The fourth-order valence-corrected chi connectivity index (χ4v) is 1.45. The third kappa shape index (κ3) is 3.26. The molecular weight excluding hydrogens is 269 g/mol. The highest BCUT2D eigenvalue weighted by Gasteiger charge is 2.14. The van der Waals surface area contributed by atoms with E-state index in [1.807, 2.05) is 5.48 Å². The van der Waals surface area contributed by atoms with Crippen LogP contribution in [0.4, 0.5) is 4.39 Å². The lowest BCUT2D eigenvalue weighted by Gasteiger charge is -2.06. The van der Waals surface area contributed by atoms with Crippen LogP contribution in [0.2, 0.25) is 0 Å². The molecule has 0 heterocycles. The van der Waals surface area contributed by atoms with Crippen molar-refractivity contribution in [3.8, 4) is 0 Å². The first-order chi connectivity index (χ1) is 7.16. The molecule has 0 radical (unpaired) electrons. The van der Waals surface area contributed by atoms with Crippen molar-refractivity contribution in [2.45, 2.75) is 0 Å². The molecule has 82 valence electrons. The fourth-order valence-electron chi connectivity index (χ4n) is 0.928. The van der Waals surface area contributed by atoms with Crippen LogP contribution in [0.3, 0.4) is 0 Å². The van der Waals surface area contributed by atoms with Crippen molar-refractivity contribution in [2.75, 3.05) is 13.2 Å². The summed E-state index contributed by atoms with van der Waals surface area (Å²) in [6.45, 7) is -0.267. The molecule has 0 saturated carbocycles. The quantitative estimate of drug-likeness (QED) is 0.643. The molecule has 15 heavy (non-hydrogen) atoms. The molecule has 0 fully saturated rings. The van der Waals surface area contributed by atoms with Gasteiger partial charge < -0.3 is 5.11 Å². The van der Waals surface area contributed by atoms with Gasteiger partial charge in [-0.3, -0.25) is 9.63 Å². The minimum absolute atomic E-state index is 0.0438. The van der Waals surface area contributed by atoms with Gasteiger partial charge in [-0.2, -0.15) is 0 Å². The standard InChI is InChI=1S/C9H9BrFNO3/c10-6-2-1-3-7(11)8(6)9(14)12-15-5-4-13/h1-3,13H,4-5H2,(H,12,14). The van der Waals surface area contributed by atoms with Crippen LogP contribution in [0.15, 0.2) is 22.7 Å². The van der Waals surface area contributed by atoms with Crippen molar-refractivity contribution in [2.24, 2.45) is 0 Å². The molecule has 0 aliphatic heterocycles. The average Bonchev–Trinajstić information content (AvgIpc) is 2.18. The first-order valence-electron chi connectivity index (χ1n) is 4.14. The number of carbonyl (C=O) groups excluding carboxylic acids is 1. The number of hydrogen-bond acceptors (Lipinski definition) is 3. The first kappa shape index (κ1) is 12.1. The minimum atomic E-state index is -0.701. The van der Waals surface area contributed by atoms with E-state index >= 15 is 0 Å². The Bertz CT molecular complexity index is 339. The van der Waals surface area contributed by atoms with Gasteiger partial charge in [0.15, 0.2) is 0 Å². The number of hydroxylamine groups is 1. The summed E-state index contributed by atoms with van der Waals surface area (Å²) in [5.41, 5.74) is 1.88. The van der Waals surface area contributed by atoms with Crippen LogP contribution in [0.5, 0.6) is 0 Å². The molecule has 6 heteroatoms. The van der Waals surface area contributed by atoms with Gasteiger partial charge in [0.1, 0.15) is 5.82 Å². The minimum Gasteiger partial charge on any atom is -0.394 e. The van der Waals surface area contributed by atoms with Gasteiger partial charge in [-0.1, -0.05) is 6.07 Å². The van der Waals surface area contributed by atoms with Gasteiger partial charge in [-0.25, -0.2) is 9.87 Å². The molecule has 0 aliphatic rings. The Morgan fingerprint density at radius 1 is 1.60 bits per heavy atom. The lowest BCUT2D eigenvalue weighted by molar-refractivity contribution is 0.0165. The average molecular weight is 278 g/mol. The molecule has 0 saturated heterocycles. The second-order valence-electron chi connectivity index (χ2n) is 2.60. The number of benzene rings is 1. The maximum absolute atomic E-state index is 13.2. The normalized spacial score (nSPS) is 10.1. The zero-order valence-corrected chi connectivity index (χ0v) is 9.25. The van der Waals surface area contributed by atoms with Gasteiger partial charge >= 0.3 is 0 Å². The van der Waals surface area contributed by atoms with Crippen LogP contribution >= 0.6 is 15.9 Å². The van der Waals surface area contributed by atoms with E-state index in [9.17, 15) is 9.18 Å². The van der Waals surface area contributed by atoms with E-state index < -0.39 is 11.7 Å². The van der Waals surface area contributed by atoms with E-state index in [1.54, 1.807) is 6.07 Å². The van der Waals surface area contributed by atoms with E-state index in [0.717, 1.165) is 0 Å². The molecule has 0 bridgehead atoms. The molecule has 2 N–H and O–H groups in total. The van der Waals surface area contributed by atoms with Gasteiger partial charge in [0.25, 0.3) is 5.91 Å². The molecule has 4 nitrogen and oxygen atoms in total. The number of carbonyl (C=O) groups is 1. The Balaban J connectivity index is 2.73. The molecule has 1 amide bonds. The van der Waals surface area contributed by atoms with Gasteiger partial charge in [0.05, 0.1) is 18.8 Å². The molecule has 0 aliphatic carbocycles. The topological polar surface area (TPSA) is 58.6 Å². The molecule has 0 spiro atoms. The highest BCUT2D eigenvalue weighted by atomic mass is 79.9. The van der Waals surface area contributed by atoms with Gasteiger partial charge in [-0.05, 0) is 28.1 Å². The van der Waals surface area contributed by atoms with Crippen LogP contribution in [0.1, 0.15) is 10.4 Å². The van der Waals surface area contributed by atoms with Crippen molar-refractivity contribution >= 4 is 21.8 Å². The molecular formula is C9H9BrFNO3. The van der Waals surface area contributed by atoms with Crippen LogP contribution in [0, 0.1) is 5.82 Å². The largest absolute Gasteiger partial charge is 0.394 e. The Hall–Kier alpha value is -0.980. The monoisotopic (exact) mass is 277 g/mol. The predicted molar refractivity (Wildman–Crippen MR) is 54.6 cm³/mol. The Kier molecular flexibility index (Phi) is 4.67. The zero-order valence-electron chi connectivity index (χ0n) is 7.67. The van der Waals surface area contributed by atoms with Gasteiger partial charge in [0.2, 0.25) is 0 Å². The van der Waals surface area contributed by atoms with Crippen LogP contribution < -0.4 is 5.48 Å². The summed E-state index contributed by atoms with van der Waals surface area (Å²) in [5.74, 6) is -1.34. The number of amides is 1. The van der Waals surface area contributed by atoms with Crippen LogP contribution in [-0.4, -0.2) is 24.2 Å². The van der Waals surface area contributed by atoms with Crippen molar-refractivity contribution in [3.05, 3.63) is 34.1 Å². The highest BCUT2D eigenvalue weighted by Crippen LogP contribution is 2.19. The van der Waals surface area contributed by atoms with Gasteiger partial charge in [0, 0.05) is 4.47 Å². The number of halogens is 2. The predicted octanol–water partition coefficient (Wildman–Crippen LogP) is 1.24. The molecule has 1 aromatic carbocycles. The summed E-state index contributed by atoms with van der Waals surface area (Å²) in [6, 6.07) is 4.19. The number of aliphatic hydroxyl groups excluding tert-OH is 1. The second kappa shape index (κ2) is 5.79. The zero-order chi connectivity index (χ0) is 11.3. The van der Waals surface area contributed by atoms with Crippen LogP contribution in [-0.2, 0) is 4.84 Å². The Morgan fingerprint density at radius 2 is 2.33 bits per heavy atom. The number of aliphatic hydroxyl groups is 1. The lowest BCUT2D eigenvalue weighted by atomic mass is 10.2. The van der Waals surface area contributed by atoms with Crippen molar-refractivity contribution in [1.29, 1.82) is 0 Å². The number of nitrogens with one attached hydrogen (secondary N) is 1. The number of hydrogen-bond donors (Lipinski definition) is 2. The van der Waals surface area contributed by atoms with E-state index in [4.69, 9.17) is 5.11 Å². The SMILES string of the molecule is O=C(NOCCO)c1c(F)cccc1Br. The Morgan fingerprint density at radius 3 is 2.93 bits per heavy atom. The molecule has 1 aromatic rings. The third-order valence-electron chi connectivity index (χ3n) is 1.55. The summed E-state index contributed by atoms with van der Waals surface area (Å²) in [5, 5.41) is 8.40. The summed E-state index contributed by atoms with van der Waals surface area (Å²) in [6.07, 6.45) is 0. The summed E-state index contributed by atoms with van der Waals surface area (Å²) in [4.78, 5) is 15.9. The molecule has 0 aromatic heterocycles. The Labute approximate surface area is 94.1 Å². The maximum atomic E-state index is 13.2. The highest BCUT2D eigenvalue weighted by molar-refractivity contribution is 9.10. The molecule has 0 unspecified atom stereocenters. The van der Waals surface area contributed by atoms with Crippen molar-refractivity contribution < 1.29 is 19.1 Å². The lowest BCUT2D eigenvalue weighted by Crippen LogP contribution is -2.26. The van der Waals surface area contributed by atoms with Gasteiger partial charge in [-0.15, -0.1) is 0 Å². The van der Waals surface area contributed by atoms with Crippen molar-refractivity contribution in [3.63, 3.8) is 0 Å². The summed E-state index contributed by atoms with van der Waals surface area (Å²) >= 11 is 3.05. The smallest absolute Gasteiger partial charge is 0.278 e. The van der Waals surface area contributed by atoms with E-state index in [1.165, 1.54) is 12.1 Å². The maximum Gasteiger partial charge on any atom is 0.278 e. The molecule has 1 rings (SSSR count). The molecule has 0 atom stereocenters. The van der Waals surface area contributed by atoms with Crippen LogP contribution in [0.25, 0.3) is 0 Å². The third-order valence-corrected chi connectivity index (χ3v) is 2.21.